The summed E-state index contributed by atoms with van der Waals surface area (Å²) < 4.78 is 19.2. The highest BCUT2D eigenvalue weighted by Gasteiger charge is 2.40. The van der Waals surface area contributed by atoms with Gasteiger partial charge in [-0.05, 0) is 36.8 Å². The number of halogens is 1. The van der Waals surface area contributed by atoms with E-state index in [1.54, 1.807) is 18.2 Å². The second-order valence-corrected chi connectivity index (χ2v) is 7.12. The third-order valence-corrected chi connectivity index (χ3v) is 5.10. The predicted octanol–water partition coefficient (Wildman–Crippen LogP) is 2.26. The molecule has 3 amide bonds. The Hall–Kier alpha value is -3.42. The number of likely N-dealkylation sites (N-methyl/N-ethyl adjacent to an activating group) is 1. The summed E-state index contributed by atoms with van der Waals surface area (Å²) in [5.41, 5.74) is 6.38. The second kappa shape index (κ2) is 8.94. The maximum Gasteiger partial charge on any atom is 0.244 e. The fourth-order valence-electron chi connectivity index (χ4n) is 3.73. The summed E-state index contributed by atoms with van der Waals surface area (Å²) >= 11 is 0. The number of para-hydroxylation sites is 2. The van der Waals surface area contributed by atoms with Crippen LogP contribution in [0.1, 0.15) is 24.9 Å². The first-order chi connectivity index (χ1) is 14.3. The minimum Gasteiger partial charge on any atom is -0.492 e. The van der Waals surface area contributed by atoms with Crippen molar-refractivity contribution < 1.29 is 23.5 Å². The number of primary amides is 1. The first-order valence-electron chi connectivity index (χ1n) is 9.67. The van der Waals surface area contributed by atoms with E-state index in [2.05, 4.69) is 0 Å². The van der Waals surface area contributed by atoms with Crippen LogP contribution in [0.5, 0.6) is 5.75 Å². The highest BCUT2D eigenvalue weighted by Crippen LogP contribution is 2.34. The lowest BCUT2D eigenvalue weighted by Crippen LogP contribution is -2.42. The van der Waals surface area contributed by atoms with Crippen LogP contribution >= 0.6 is 0 Å². The van der Waals surface area contributed by atoms with Gasteiger partial charge in [-0.15, -0.1) is 0 Å². The average molecular weight is 413 g/mol. The molecule has 8 heteroatoms. The van der Waals surface area contributed by atoms with Crippen LogP contribution in [-0.4, -0.2) is 42.8 Å². The van der Waals surface area contributed by atoms with Gasteiger partial charge in [-0.3, -0.25) is 14.4 Å². The van der Waals surface area contributed by atoms with Crippen molar-refractivity contribution in [3.63, 3.8) is 0 Å². The summed E-state index contributed by atoms with van der Waals surface area (Å²) in [6.45, 7) is 2.44. The van der Waals surface area contributed by atoms with Crippen molar-refractivity contribution in [2.24, 2.45) is 11.7 Å². The lowest BCUT2D eigenvalue weighted by atomic mass is 10.0. The van der Waals surface area contributed by atoms with Crippen LogP contribution < -0.4 is 15.4 Å². The molecule has 0 aromatic heterocycles. The zero-order valence-corrected chi connectivity index (χ0v) is 16.9. The zero-order valence-electron chi connectivity index (χ0n) is 16.9. The first kappa shape index (κ1) is 21.3. The molecule has 2 unspecified atom stereocenters. The minimum atomic E-state index is -1.13. The summed E-state index contributed by atoms with van der Waals surface area (Å²) in [6.07, 6.45) is -0.00172. The molecule has 158 valence electrons. The van der Waals surface area contributed by atoms with Gasteiger partial charge in [0.25, 0.3) is 0 Å². The van der Waals surface area contributed by atoms with E-state index >= 15 is 0 Å². The van der Waals surface area contributed by atoms with Crippen molar-refractivity contribution in [1.82, 2.24) is 4.90 Å². The molecular weight excluding hydrogens is 389 g/mol. The Bertz CT molecular complexity index is 965. The summed E-state index contributed by atoms with van der Waals surface area (Å²) in [4.78, 5) is 40.5. The highest BCUT2D eigenvalue weighted by atomic mass is 19.1. The maximum absolute atomic E-state index is 13.6. The van der Waals surface area contributed by atoms with E-state index in [-0.39, 0.29) is 24.4 Å². The van der Waals surface area contributed by atoms with Gasteiger partial charge in [-0.25, -0.2) is 4.39 Å². The number of rotatable bonds is 7. The quantitative estimate of drug-likeness (QED) is 0.754. The summed E-state index contributed by atoms with van der Waals surface area (Å²) in [5, 5.41) is 0. The third-order valence-electron chi connectivity index (χ3n) is 5.10. The molecule has 0 spiro atoms. The molecule has 30 heavy (non-hydrogen) atoms. The van der Waals surface area contributed by atoms with Gasteiger partial charge in [-0.1, -0.05) is 24.3 Å². The Morgan fingerprint density at radius 3 is 2.67 bits per heavy atom. The van der Waals surface area contributed by atoms with Crippen LogP contribution in [0.2, 0.25) is 0 Å². The Morgan fingerprint density at radius 2 is 2.00 bits per heavy atom. The molecule has 3 rings (SSSR count). The van der Waals surface area contributed by atoms with Crippen molar-refractivity contribution in [1.29, 1.82) is 0 Å². The number of hydrogen-bond donors (Lipinski definition) is 1. The molecule has 0 radical (unpaired) electrons. The number of carbonyl (C=O) groups is 3. The molecule has 1 aliphatic rings. The number of amides is 3. The largest absolute Gasteiger partial charge is 0.492 e. The summed E-state index contributed by atoms with van der Waals surface area (Å²) in [7, 11) is 1.43. The predicted molar refractivity (Wildman–Crippen MR) is 109 cm³/mol. The Balaban J connectivity index is 1.82. The summed E-state index contributed by atoms with van der Waals surface area (Å²) in [5.74, 6) is -2.03. The molecule has 0 aliphatic carbocycles. The van der Waals surface area contributed by atoms with Gasteiger partial charge in [0.1, 0.15) is 17.6 Å². The standard InChI is InChI=1S/C22H24FN3O4/c1-3-30-18-10-5-4-9-17(18)26-13-15(12-19(26)27)22(29)25(2)20(21(24)28)14-7-6-8-16(23)11-14/h4-11,15,20H,3,12-13H2,1-2H3,(H2,24,28). The van der Waals surface area contributed by atoms with Gasteiger partial charge < -0.3 is 20.3 Å². The Labute approximate surface area is 174 Å². The van der Waals surface area contributed by atoms with Gasteiger partial charge in [0.05, 0.1) is 18.2 Å². The van der Waals surface area contributed by atoms with Crippen LogP contribution in [0.15, 0.2) is 48.5 Å². The van der Waals surface area contributed by atoms with Crippen molar-refractivity contribution >= 4 is 23.4 Å². The molecule has 2 N–H and O–H groups in total. The molecule has 2 aromatic carbocycles. The van der Waals surface area contributed by atoms with Crippen molar-refractivity contribution in [2.75, 3.05) is 25.1 Å². The second-order valence-electron chi connectivity index (χ2n) is 7.12. The number of anilines is 1. The number of hydrogen-bond acceptors (Lipinski definition) is 4. The van der Waals surface area contributed by atoms with E-state index in [0.29, 0.717) is 18.0 Å². The Morgan fingerprint density at radius 1 is 1.27 bits per heavy atom. The van der Waals surface area contributed by atoms with Crippen molar-refractivity contribution in [3.05, 3.63) is 59.9 Å². The monoisotopic (exact) mass is 413 g/mol. The smallest absolute Gasteiger partial charge is 0.244 e. The van der Waals surface area contributed by atoms with E-state index in [9.17, 15) is 18.8 Å². The van der Waals surface area contributed by atoms with Gasteiger partial charge >= 0.3 is 0 Å². The number of nitrogens with zero attached hydrogens (tertiary/aromatic N) is 2. The lowest BCUT2D eigenvalue weighted by Gasteiger charge is -2.28. The third kappa shape index (κ3) is 4.27. The topological polar surface area (TPSA) is 92.9 Å². The van der Waals surface area contributed by atoms with Gasteiger partial charge in [-0.2, -0.15) is 0 Å². The highest BCUT2D eigenvalue weighted by molar-refractivity contribution is 6.02. The minimum absolute atomic E-state index is 0.00172. The summed E-state index contributed by atoms with van der Waals surface area (Å²) in [6, 6.07) is 11.4. The van der Waals surface area contributed by atoms with Gasteiger partial charge in [0, 0.05) is 20.0 Å². The molecule has 2 atom stereocenters. The van der Waals surface area contributed by atoms with Crippen LogP contribution in [0.25, 0.3) is 0 Å². The van der Waals surface area contributed by atoms with Crippen LogP contribution in [0.3, 0.4) is 0 Å². The zero-order chi connectivity index (χ0) is 21.8. The van der Waals surface area contributed by atoms with Crippen LogP contribution in [0, 0.1) is 11.7 Å². The molecule has 1 heterocycles. The lowest BCUT2D eigenvalue weighted by molar-refractivity contribution is -0.141. The molecule has 1 fully saturated rings. The molecule has 7 nitrogen and oxygen atoms in total. The van der Waals surface area contributed by atoms with Crippen LogP contribution in [0.4, 0.5) is 10.1 Å². The average Bonchev–Trinajstić information content (AvgIpc) is 3.09. The number of carbonyl (C=O) groups excluding carboxylic acids is 3. The Kier molecular flexibility index (Phi) is 6.34. The van der Waals surface area contributed by atoms with E-state index in [4.69, 9.17) is 10.5 Å². The number of ether oxygens (including phenoxy) is 1. The van der Waals surface area contributed by atoms with E-state index < -0.39 is 29.6 Å². The van der Waals surface area contributed by atoms with Crippen molar-refractivity contribution in [3.8, 4) is 5.75 Å². The number of benzene rings is 2. The molecule has 0 saturated carbocycles. The maximum atomic E-state index is 13.6. The van der Waals surface area contributed by atoms with E-state index in [1.165, 1.54) is 41.1 Å². The number of nitrogens with two attached hydrogens (primary N) is 1. The first-order valence-corrected chi connectivity index (χ1v) is 9.67. The fourth-order valence-corrected chi connectivity index (χ4v) is 3.73. The van der Waals surface area contributed by atoms with Gasteiger partial charge in [0.15, 0.2) is 0 Å². The SMILES string of the molecule is CCOc1ccccc1N1CC(C(=O)N(C)C(C(N)=O)c2cccc(F)c2)CC1=O. The van der Waals surface area contributed by atoms with Gasteiger partial charge in [0.2, 0.25) is 17.7 Å². The van der Waals surface area contributed by atoms with E-state index in [1.807, 2.05) is 13.0 Å². The molecule has 0 bridgehead atoms. The van der Waals surface area contributed by atoms with Crippen molar-refractivity contribution in [2.45, 2.75) is 19.4 Å². The van der Waals surface area contributed by atoms with E-state index in [0.717, 1.165) is 0 Å². The molecule has 1 aliphatic heterocycles. The molecular formula is C22H24FN3O4. The fraction of sp³-hybridized carbons (Fsp3) is 0.318. The van der Waals surface area contributed by atoms with Crippen LogP contribution in [-0.2, 0) is 14.4 Å². The molecule has 2 aromatic rings. The normalized spacial score (nSPS) is 17.0. The molecule has 1 saturated heterocycles.